The molecule has 18 heavy (non-hydrogen) atoms. The van der Waals surface area contributed by atoms with Crippen LogP contribution in [0.15, 0.2) is 48.5 Å². The molecule has 1 unspecified atom stereocenters. The maximum atomic E-state index is 11.1. The summed E-state index contributed by atoms with van der Waals surface area (Å²) in [4.78, 5) is 11.1. The van der Waals surface area contributed by atoms with E-state index in [0.717, 1.165) is 23.8 Å². The molecule has 0 aliphatic rings. The number of aldehydes is 1. The van der Waals surface area contributed by atoms with Gasteiger partial charge in [-0.05, 0) is 35.7 Å². The van der Waals surface area contributed by atoms with Gasteiger partial charge in [0, 0.05) is 11.5 Å². The summed E-state index contributed by atoms with van der Waals surface area (Å²) in [5.74, 6) is 0.337. The molecule has 0 bridgehead atoms. The molecule has 0 amide bonds. The van der Waals surface area contributed by atoms with Crippen molar-refractivity contribution in [2.75, 3.05) is 0 Å². The van der Waals surface area contributed by atoms with Crippen molar-refractivity contribution in [3.8, 4) is 5.75 Å². The number of benzene rings is 2. The zero-order valence-electron chi connectivity index (χ0n) is 10.3. The molecule has 2 aromatic rings. The first-order valence-corrected chi connectivity index (χ1v) is 6.09. The second-order valence-electron chi connectivity index (χ2n) is 4.30. The number of phenols is 1. The van der Waals surface area contributed by atoms with E-state index < -0.39 is 0 Å². The van der Waals surface area contributed by atoms with Crippen LogP contribution in [0.3, 0.4) is 0 Å². The van der Waals surface area contributed by atoms with Crippen LogP contribution in [0, 0.1) is 0 Å². The number of hydrogen-bond acceptors (Lipinski definition) is 2. The third-order valence-electron chi connectivity index (χ3n) is 3.18. The fourth-order valence-corrected chi connectivity index (χ4v) is 2.29. The summed E-state index contributed by atoms with van der Waals surface area (Å²) in [6.45, 7) is 2.08. The molecule has 1 N–H and O–H groups in total. The highest BCUT2D eigenvalue weighted by Crippen LogP contribution is 2.31. The van der Waals surface area contributed by atoms with E-state index in [1.54, 1.807) is 18.2 Å². The molecule has 1 atom stereocenters. The number of rotatable bonds is 4. The number of phenolic OH excluding ortho intramolecular Hbond substituents is 1. The normalized spacial score (nSPS) is 12.1. The monoisotopic (exact) mass is 240 g/mol. The topological polar surface area (TPSA) is 37.3 Å². The van der Waals surface area contributed by atoms with Gasteiger partial charge in [-0.2, -0.15) is 0 Å². The first-order valence-electron chi connectivity index (χ1n) is 6.09. The lowest BCUT2D eigenvalue weighted by Crippen LogP contribution is -2.03. The van der Waals surface area contributed by atoms with Crippen LogP contribution >= 0.6 is 0 Å². The molecule has 0 saturated carbocycles. The quantitative estimate of drug-likeness (QED) is 0.826. The number of hydrogen-bond donors (Lipinski definition) is 1. The molecule has 2 rings (SSSR count). The van der Waals surface area contributed by atoms with E-state index >= 15 is 0 Å². The highest BCUT2D eigenvalue weighted by molar-refractivity contribution is 5.78. The second kappa shape index (κ2) is 5.50. The summed E-state index contributed by atoms with van der Waals surface area (Å²) < 4.78 is 0. The smallest absolute Gasteiger partial charge is 0.150 e. The standard InChI is InChI=1S/C16H16O2/c1-2-15(12-6-4-3-5-7-12)16-10-14(18)9-8-13(16)11-17/h3-11,15,18H,2H2,1H3. The molecule has 0 aromatic heterocycles. The molecule has 0 saturated heterocycles. The molecule has 92 valence electrons. The fourth-order valence-electron chi connectivity index (χ4n) is 2.29. The minimum Gasteiger partial charge on any atom is -0.508 e. The van der Waals surface area contributed by atoms with Crippen molar-refractivity contribution in [3.05, 3.63) is 65.2 Å². The average Bonchev–Trinajstić information content (AvgIpc) is 2.41. The Morgan fingerprint density at radius 1 is 1.17 bits per heavy atom. The van der Waals surface area contributed by atoms with Gasteiger partial charge in [-0.15, -0.1) is 0 Å². The summed E-state index contributed by atoms with van der Waals surface area (Å²) in [6, 6.07) is 14.9. The minimum absolute atomic E-state index is 0.137. The van der Waals surface area contributed by atoms with Gasteiger partial charge in [-0.1, -0.05) is 37.3 Å². The van der Waals surface area contributed by atoms with E-state index in [2.05, 4.69) is 6.92 Å². The van der Waals surface area contributed by atoms with Gasteiger partial charge in [-0.3, -0.25) is 4.79 Å². The van der Waals surface area contributed by atoms with Crippen molar-refractivity contribution in [1.29, 1.82) is 0 Å². The largest absolute Gasteiger partial charge is 0.508 e. The third kappa shape index (κ3) is 2.43. The van der Waals surface area contributed by atoms with E-state index in [1.165, 1.54) is 0 Å². The lowest BCUT2D eigenvalue weighted by Gasteiger charge is -2.18. The molecule has 2 nitrogen and oxygen atoms in total. The first kappa shape index (κ1) is 12.4. The average molecular weight is 240 g/mol. The maximum absolute atomic E-state index is 11.1. The second-order valence-corrected chi connectivity index (χ2v) is 4.30. The van der Waals surface area contributed by atoms with Crippen molar-refractivity contribution < 1.29 is 9.90 Å². The molecule has 2 heteroatoms. The fraction of sp³-hybridized carbons (Fsp3) is 0.188. The Bertz CT molecular complexity index is 532. The van der Waals surface area contributed by atoms with Gasteiger partial charge in [0.25, 0.3) is 0 Å². The van der Waals surface area contributed by atoms with Crippen LogP contribution in [-0.2, 0) is 0 Å². The van der Waals surface area contributed by atoms with Gasteiger partial charge in [0.15, 0.2) is 0 Å². The first-order chi connectivity index (χ1) is 8.76. The molecule has 0 radical (unpaired) electrons. The summed E-state index contributed by atoms with van der Waals surface area (Å²) in [5.41, 5.74) is 2.69. The van der Waals surface area contributed by atoms with Crippen LogP contribution in [0.5, 0.6) is 5.75 Å². The summed E-state index contributed by atoms with van der Waals surface area (Å²) in [5, 5.41) is 9.61. The van der Waals surface area contributed by atoms with Crippen LogP contribution in [0.25, 0.3) is 0 Å². The van der Waals surface area contributed by atoms with Gasteiger partial charge in [0.1, 0.15) is 12.0 Å². The molecule has 0 aliphatic heterocycles. The van der Waals surface area contributed by atoms with Crippen molar-refractivity contribution in [3.63, 3.8) is 0 Å². The highest BCUT2D eigenvalue weighted by atomic mass is 16.3. The van der Waals surface area contributed by atoms with E-state index in [-0.39, 0.29) is 11.7 Å². The minimum atomic E-state index is 0.137. The Morgan fingerprint density at radius 2 is 1.89 bits per heavy atom. The Morgan fingerprint density at radius 3 is 2.50 bits per heavy atom. The lowest BCUT2D eigenvalue weighted by atomic mass is 9.86. The van der Waals surface area contributed by atoms with Gasteiger partial charge >= 0.3 is 0 Å². The van der Waals surface area contributed by atoms with Crippen LogP contribution in [0.4, 0.5) is 0 Å². The Balaban J connectivity index is 2.51. The summed E-state index contributed by atoms with van der Waals surface area (Å²) in [6.07, 6.45) is 1.73. The number of carbonyl (C=O) groups excluding carboxylic acids is 1. The molecule has 0 aliphatic carbocycles. The predicted molar refractivity (Wildman–Crippen MR) is 72.1 cm³/mol. The molecular formula is C16H16O2. The molecule has 0 spiro atoms. The van der Waals surface area contributed by atoms with Gasteiger partial charge in [-0.25, -0.2) is 0 Å². The predicted octanol–water partition coefficient (Wildman–Crippen LogP) is 3.75. The van der Waals surface area contributed by atoms with Gasteiger partial charge < -0.3 is 5.11 Å². The molecule has 0 fully saturated rings. The summed E-state index contributed by atoms with van der Waals surface area (Å²) in [7, 11) is 0. The highest BCUT2D eigenvalue weighted by Gasteiger charge is 2.16. The zero-order chi connectivity index (χ0) is 13.0. The van der Waals surface area contributed by atoms with E-state index in [1.807, 2.05) is 30.3 Å². The maximum Gasteiger partial charge on any atom is 0.150 e. The van der Waals surface area contributed by atoms with Gasteiger partial charge in [0.2, 0.25) is 0 Å². The van der Waals surface area contributed by atoms with Crippen molar-refractivity contribution in [2.24, 2.45) is 0 Å². The van der Waals surface area contributed by atoms with Crippen LogP contribution in [0.2, 0.25) is 0 Å². The lowest BCUT2D eigenvalue weighted by molar-refractivity contribution is 0.112. The van der Waals surface area contributed by atoms with E-state index in [0.29, 0.717) is 5.56 Å². The SMILES string of the molecule is CCC(c1ccccc1)c1cc(O)ccc1C=O. The molecule has 2 aromatic carbocycles. The Hall–Kier alpha value is -2.09. The van der Waals surface area contributed by atoms with Crippen molar-refractivity contribution in [1.82, 2.24) is 0 Å². The van der Waals surface area contributed by atoms with Crippen molar-refractivity contribution >= 4 is 6.29 Å². The molecule has 0 heterocycles. The Kier molecular flexibility index (Phi) is 3.78. The number of carbonyl (C=O) groups is 1. The van der Waals surface area contributed by atoms with E-state index in [4.69, 9.17) is 0 Å². The summed E-state index contributed by atoms with van der Waals surface area (Å²) >= 11 is 0. The van der Waals surface area contributed by atoms with E-state index in [9.17, 15) is 9.90 Å². The zero-order valence-corrected chi connectivity index (χ0v) is 10.3. The van der Waals surface area contributed by atoms with Gasteiger partial charge in [0.05, 0.1) is 0 Å². The van der Waals surface area contributed by atoms with Crippen LogP contribution in [0.1, 0.15) is 40.7 Å². The Labute approximate surface area is 107 Å². The number of aromatic hydroxyl groups is 1. The van der Waals surface area contributed by atoms with Crippen LogP contribution < -0.4 is 0 Å². The van der Waals surface area contributed by atoms with Crippen LogP contribution in [-0.4, -0.2) is 11.4 Å². The molecular weight excluding hydrogens is 224 g/mol. The third-order valence-corrected chi connectivity index (χ3v) is 3.18. The van der Waals surface area contributed by atoms with Crippen molar-refractivity contribution in [2.45, 2.75) is 19.3 Å².